The second-order valence-electron chi connectivity index (χ2n) is 5.54. The molecular formula is C18H14FN3O3S. The maximum atomic E-state index is 13.7. The SMILES string of the molecule is CS(=O)(=O)c1ccc(-c2cccc(NC(=O)c3ccccc3F)c2)nn1. The largest absolute Gasteiger partial charge is 0.322 e. The molecule has 0 spiro atoms. The molecule has 0 bridgehead atoms. The average Bonchev–Trinajstić information content (AvgIpc) is 2.61. The van der Waals surface area contributed by atoms with Crippen LogP contribution in [0.4, 0.5) is 10.1 Å². The molecule has 0 saturated heterocycles. The number of carbonyl (C=O) groups is 1. The molecule has 1 N–H and O–H groups in total. The van der Waals surface area contributed by atoms with Crippen molar-refractivity contribution >= 4 is 21.4 Å². The molecule has 0 aliphatic rings. The van der Waals surface area contributed by atoms with Gasteiger partial charge >= 0.3 is 0 Å². The van der Waals surface area contributed by atoms with Gasteiger partial charge in [0.05, 0.1) is 11.3 Å². The molecule has 3 aromatic rings. The number of hydrogen-bond donors (Lipinski definition) is 1. The summed E-state index contributed by atoms with van der Waals surface area (Å²) in [4.78, 5) is 12.2. The molecule has 2 aromatic carbocycles. The minimum absolute atomic E-state index is 0.0600. The Balaban J connectivity index is 1.85. The Hall–Kier alpha value is -3.13. The van der Waals surface area contributed by atoms with E-state index >= 15 is 0 Å². The van der Waals surface area contributed by atoms with Crippen LogP contribution >= 0.6 is 0 Å². The molecule has 0 radical (unpaired) electrons. The van der Waals surface area contributed by atoms with E-state index in [9.17, 15) is 17.6 Å². The summed E-state index contributed by atoms with van der Waals surface area (Å²) in [6.07, 6.45) is 1.05. The molecule has 0 fully saturated rings. The lowest BCUT2D eigenvalue weighted by molar-refractivity contribution is 0.102. The minimum atomic E-state index is -3.43. The van der Waals surface area contributed by atoms with Crippen molar-refractivity contribution in [2.45, 2.75) is 5.03 Å². The third-order valence-corrected chi connectivity index (χ3v) is 4.53. The number of rotatable bonds is 4. The number of hydrogen-bond acceptors (Lipinski definition) is 5. The van der Waals surface area contributed by atoms with Crippen LogP contribution in [0.25, 0.3) is 11.3 Å². The molecule has 0 aliphatic carbocycles. The second kappa shape index (κ2) is 7.01. The van der Waals surface area contributed by atoms with Crippen LogP contribution in [0, 0.1) is 5.82 Å². The molecule has 0 atom stereocenters. The highest BCUT2D eigenvalue weighted by atomic mass is 32.2. The predicted octanol–water partition coefficient (Wildman–Crippen LogP) is 2.94. The monoisotopic (exact) mass is 371 g/mol. The first-order valence-electron chi connectivity index (χ1n) is 7.55. The van der Waals surface area contributed by atoms with E-state index in [0.717, 1.165) is 6.26 Å². The zero-order valence-electron chi connectivity index (χ0n) is 13.7. The van der Waals surface area contributed by atoms with Crippen LogP contribution in [0.2, 0.25) is 0 Å². The number of nitrogens with zero attached hydrogens (tertiary/aromatic N) is 2. The lowest BCUT2D eigenvalue weighted by Gasteiger charge is -2.08. The molecule has 26 heavy (non-hydrogen) atoms. The number of carbonyl (C=O) groups excluding carboxylic acids is 1. The van der Waals surface area contributed by atoms with Crippen LogP contribution < -0.4 is 5.32 Å². The van der Waals surface area contributed by atoms with E-state index in [-0.39, 0.29) is 10.6 Å². The van der Waals surface area contributed by atoms with Crippen LogP contribution in [0.1, 0.15) is 10.4 Å². The molecule has 132 valence electrons. The minimum Gasteiger partial charge on any atom is -0.322 e. The van der Waals surface area contributed by atoms with Crippen molar-refractivity contribution in [1.29, 1.82) is 0 Å². The van der Waals surface area contributed by atoms with Gasteiger partial charge < -0.3 is 5.32 Å². The molecule has 1 heterocycles. The summed E-state index contributed by atoms with van der Waals surface area (Å²) in [5.74, 6) is -1.18. The van der Waals surface area contributed by atoms with Gasteiger partial charge in [-0.3, -0.25) is 4.79 Å². The van der Waals surface area contributed by atoms with E-state index in [2.05, 4.69) is 15.5 Å². The van der Waals surface area contributed by atoms with E-state index in [4.69, 9.17) is 0 Å². The Morgan fingerprint density at radius 3 is 2.42 bits per heavy atom. The topological polar surface area (TPSA) is 89.0 Å². The zero-order chi connectivity index (χ0) is 18.7. The van der Waals surface area contributed by atoms with Gasteiger partial charge in [0, 0.05) is 17.5 Å². The summed E-state index contributed by atoms with van der Waals surface area (Å²) >= 11 is 0. The van der Waals surface area contributed by atoms with E-state index < -0.39 is 21.6 Å². The number of benzene rings is 2. The maximum Gasteiger partial charge on any atom is 0.258 e. The van der Waals surface area contributed by atoms with Crippen LogP contribution in [-0.4, -0.2) is 30.8 Å². The fourth-order valence-electron chi connectivity index (χ4n) is 2.27. The highest BCUT2D eigenvalue weighted by molar-refractivity contribution is 7.90. The Morgan fingerprint density at radius 1 is 1.00 bits per heavy atom. The third-order valence-electron chi connectivity index (χ3n) is 3.55. The van der Waals surface area contributed by atoms with Crippen molar-refractivity contribution in [2.75, 3.05) is 11.6 Å². The fraction of sp³-hybridized carbons (Fsp3) is 0.0556. The van der Waals surface area contributed by atoms with Gasteiger partial charge in [0.2, 0.25) is 0 Å². The first-order valence-corrected chi connectivity index (χ1v) is 9.44. The highest BCUT2D eigenvalue weighted by Crippen LogP contribution is 2.22. The number of amides is 1. The van der Waals surface area contributed by atoms with Crippen molar-refractivity contribution in [3.8, 4) is 11.3 Å². The molecule has 0 aliphatic heterocycles. The lowest BCUT2D eigenvalue weighted by Crippen LogP contribution is -2.13. The van der Waals surface area contributed by atoms with Gasteiger partial charge in [-0.15, -0.1) is 10.2 Å². The van der Waals surface area contributed by atoms with Crippen LogP contribution in [0.3, 0.4) is 0 Å². The average molecular weight is 371 g/mol. The summed E-state index contributed by atoms with van der Waals surface area (Å²) in [5.41, 5.74) is 1.46. The van der Waals surface area contributed by atoms with E-state index in [1.165, 1.54) is 30.3 Å². The Kier molecular flexibility index (Phi) is 4.77. The summed E-state index contributed by atoms with van der Waals surface area (Å²) < 4.78 is 36.6. The smallest absolute Gasteiger partial charge is 0.258 e. The molecule has 1 amide bonds. The van der Waals surface area contributed by atoms with Gasteiger partial charge in [-0.1, -0.05) is 24.3 Å². The molecule has 6 nitrogen and oxygen atoms in total. The predicted molar refractivity (Wildman–Crippen MR) is 94.9 cm³/mol. The van der Waals surface area contributed by atoms with Gasteiger partial charge in [0.25, 0.3) is 5.91 Å². The van der Waals surface area contributed by atoms with Gasteiger partial charge in [-0.25, -0.2) is 12.8 Å². The molecule has 1 aromatic heterocycles. The summed E-state index contributed by atoms with van der Waals surface area (Å²) in [6, 6.07) is 15.3. The molecule has 0 saturated carbocycles. The van der Waals surface area contributed by atoms with E-state index in [1.807, 2.05) is 0 Å². The van der Waals surface area contributed by atoms with Gasteiger partial charge in [-0.2, -0.15) is 0 Å². The molecule has 8 heteroatoms. The van der Waals surface area contributed by atoms with Crippen molar-refractivity contribution in [3.05, 3.63) is 72.0 Å². The van der Waals surface area contributed by atoms with Crippen LogP contribution in [0.5, 0.6) is 0 Å². The van der Waals surface area contributed by atoms with Crippen molar-refractivity contribution < 1.29 is 17.6 Å². The second-order valence-corrected chi connectivity index (χ2v) is 7.51. The molecular weight excluding hydrogens is 357 g/mol. The number of nitrogens with one attached hydrogen (secondary N) is 1. The van der Waals surface area contributed by atoms with E-state index in [0.29, 0.717) is 16.9 Å². The van der Waals surface area contributed by atoms with Gasteiger partial charge in [0.1, 0.15) is 5.82 Å². The Morgan fingerprint density at radius 2 is 1.77 bits per heavy atom. The van der Waals surface area contributed by atoms with Gasteiger partial charge in [-0.05, 0) is 36.4 Å². The molecule has 3 rings (SSSR count). The van der Waals surface area contributed by atoms with Crippen LogP contribution in [0.15, 0.2) is 65.7 Å². The number of halogens is 1. The van der Waals surface area contributed by atoms with Crippen molar-refractivity contribution in [1.82, 2.24) is 10.2 Å². The standard InChI is InChI=1S/C18H14FN3O3S/c1-26(24,25)17-10-9-16(21-22-17)12-5-4-6-13(11-12)20-18(23)14-7-2-3-8-15(14)19/h2-11H,1H3,(H,20,23). The summed E-state index contributed by atoms with van der Waals surface area (Å²) in [7, 11) is -3.43. The van der Waals surface area contributed by atoms with Crippen molar-refractivity contribution in [2.24, 2.45) is 0 Å². The molecule has 0 unspecified atom stereocenters. The zero-order valence-corrected chi connectivity index (χ0v) is 14.5. The third kappa shape index (κ3) is 3.92. The maximum absolute atomic E-state index is 13.7. The normalized spacial score (nSPS) is 11.2. The van der Waals surface area contributed by atoms with Crippen LogP contribution in [-0.2, 0) is 9.84 Å². The number of aromatic nitrogens is 2. The quantitative estimate of drug-likeness (QED) is 0.762. The summed E-state index contributed by atoms with van der Waals surface area (Å²) in [6.45, 7) is 0. The fourth-order valence-corrected chi connectivity index (χ4v) is 2.78. The highest BCUT2D eigenvalue weighted by Gasteiger charge is 2.13. The first kappa shape index (κ1) is 17.7. The van der Waals surface area contributed by atoms with Crippen molar-refractivity contribution in [3.63, 3.8) is 0 Å². The first-order chi connectivity index (χ1) is 12.3. The summed E-state index contributed by atoms with van der Waals surface area (Å²) in [5, 5.41) is 10.1. The van der Waals surface area contributed by atoms with Gasteiger partial charge in [0.15, 0.2) is 14.9 Å². The number of sulfone groups is 1. The Labute approximate surface area is 149 Å². The lowest BCUT2D eigenvalue weighted by atomic mass is 10.1. The van der Waals surface area contributed by atoms with E-state index in [1.54, 1.807) is 30.3 Å². The Bertz CT molecular complexity index is 1070. The number of anilines is 1.